The number of nitrogens with zero attached hydrogens (tertiary/aromatic N) is 1. The first kappa shape index (κ1) is 81.4. The first-order chi connectivity index (χ1) is 43.2. The van der Waals surface area contributed by atoms with Crippen molar-refractivity contribution in [3.63, 3.8) is 0 Å². The lowest BCUT2D eigenvalue weighted by molar-refractivity contribution is -0.385. The van der Waals surface area contributed by atoms with Gasteiger partial charge in [0.25, 0.3) is 5.69 Å². The fourth-order valence-corrected chi connectivity index (χ4v) is 9.24. The van der Waals surface area contributed by atoms with Crippen molar-refractivity contribution in [2.24, 2.45) is 46.4 Å². The second-order valence-electron chi connectivity index (χ2n) is 22.9. The fraction of sp³-hybridized carbons (Fsp3) is 0.649. The second-order valence-corrected chi connectivity index (χ2v) is 23.3. The van der Waals surface area contributed by atoms with E-state index < -0.39 is 186 Å². The molecule has 0 heterocycles. The summed E-state index contributed by atoms with van der Waals surface area (Å²) in [6.45, 7) is 9.85. The standard InChI is InChI=1S/C57H94N16O18S/c1-7-31(6)47(61)57(89)67-34(16-11-13-21-59)50(82)66-35(18-19-45(76)77)52(84)70-39(25-43(60)74)55(87)69-38(23-30(4)5)54(86)65-33(15-10-12-20-58)51(83)71-40(26-46(78)79)56(88)72-41(28-92)49(81)63-27-44(75)64-37(22-29(2)3)53(85)68-36(48(62)80)24-32-14-8-9-17-42(32)73(90)91/h8-9,14,17,29-31,33-41,47,92H,7,10-13,15-16,18-28,58-59,61H2,1-6H3,(H2,60,74)(H2,62,80)(H,63,81)(H,64,75)(H,65,86)(H,66,82)(H,67,89)(H,68,85)(H,69,87)(H,70,84)(H,71,83)(H,72,88)(H,76,77)(H,78,79)/t31-,33-,34-,35-,36-,37-,38-,39-,40-,41-,47-/m0/s1. The highest BCUT2D eigenvalue weighted by molar-refractivity contribution is 7.80. The topological polar surface area (TPSA) is 573 Å². The zero-order valence-corrected chi connectivity index (χ0v) is 53.6. The van der Waals surface area contributed by atoms with Gasteiger partial charge in [0.1, 0.15) is 54.4 Å². The lowest BCUT2D eigenvalue weighted by Gasteiger charge is -2.28. The fourth-order valence-electron chi connectivity index (χ4n) is 8.98. The molecule has 1 aromatic carbocycles. The van der Waals surface area contributed by atoms with E-state index >= 15 is 0 Å². The minimum Gasteiger partial charge on any atom is -0.481 e. The summed E-state index contributed by atoms with van der Waals surface area (Å²) in [7, 11) is 0. The van der Waals surface area contributed by atoms with E-state index in [4.69, 9.17) is 28.7 Å². The molecule has 0 unspecified atom stereocenters. The lowest BCUT2D eigenvalue weighted by Crippen LogP contribution is -2.61. The molecular formula is C57H94N16O18S. The maximum Gasteiger partial charge on any atom is 0.305 e. The first-order valence-corrected chi connectivity index (χ1v) is 30.8. The van der Waals surface area contributed by atoms with E-state index in [2.05, 4.69) is 65.8 Å². The number of carbonyl (C=O) groups is 14. The molecule has 0 spiro atoms. The molecule has 0 aliphatic heterocycles. The number of carbonyl (C=O) groups excluding carboxylic acids is 12. The number of nitro benzene ring substituents is 1. The van der Waals surface area contributed by atoms with Crippen molar-refractivity contribution in [2.75, 3.05) is 25.4 Å². The minimum atomic E-state index is -1.94. The maximum absolute atomic E-state index is 14.2. The SMILES string of the molecule is CC[C@H](C)[C@H](N)C(=O)N[C@@H](CCCCN)C(=O)N[C@@H](CCC(=O)O)C(=O)N[C@@H](CC(N)=O)C(=O)N[C@@H](CC(C)C)C(=O)N[C@@H](CCCCN)C(=O)N[C@@H](CC(=O)O)C(=O)N[C@@H](CS)C(=O)NCC(=O)N[C@@H](CC(C)C)C(=O)N[C@@H](Cc1ccccc1[N+](=O)[O-])C(N)=O. The van der Waals surface area contributed by atoms with Crippen molar-refractivity contribution in [1.82, 2.24) is 53.2 Å². The van der Waals surface area contributed by atoms with Crippen molar-refractivity contribution < 1.29 is 82.3 Å². The number of aliphatic carboxylic acids is 2. The molecule has 92 heavy (non-hydrogen) atoms. The van der Waals surface area contributed by atoms with Gasteiger partial charge in [-0.05, 0) is 88.6 Å². The van der Waals surface area contributed by atoms with Gasteiger partial charge in [-0.3, -0.25) is 77.2 Å². The third-order valence-electron chi connectivity index (χ3n) is 14.3. The number of benzene rings is 1. The summed E-state index contributed by atoms with van der Waals surface area (Å²) in [5.41, 5.74) is 28.2. The molecular weight excluding hydrogens is 1230 g/mol. The van der Waals surface area contributed by atoms with E-state index in [-0.39, 0.29) is 80.6 Å². The van der Waals surface area contributed by atoms with E-state index in [9.17, 15) is 87.5 Å². The van der Waals surface area contributed by atoms with Crippen molar-refractivity contribution in [1.29, 1.82) is 0 Å². The van der Waals surface area contributed by atoms with Crippen molar-refractivity contribution in [3.8, 4) is 0 Å². The molecule has 0 radical (unpaired) electrons. The Morgan fingerprint density at radius 2 is 0.946 bits per heavy atom. The molecule has 0 aromatic heterocycles. The summed E-state index contributed by atoms with van der Waals surface area (Å²) >= 11 is 4.12. The van der Waals surface area contributed by atoms with Gasteiger partial charge in [-0.15, -0.1) is 0 Å². The van der Waals surface area contributed by atoms with Crippen LogP contribution in [0.5, 0.6) is 0 Å². The number of amides is 12. The van der Waals surface area contributed by atoms with E-state index in [1.165, 1.54) is 24.3 Å². The monoisotopic (exact) mass is 1320 g/mol. The lowest BCUT2D eigenvalue weighted by atomic mass is 9.98. The molecule has 0 aliphatic rings. The molecule has 12 amide bonds. The number of rotatable bonds is 46. The summed E-state index contributed by atoms with van der Waals surface area (Å²) < 4.78 is 0. The molecule has 0 fully saturated rings. The van der Waals surface area contributed by atoms with Crippen LogP contribution < -0.4 is 81.8 Å². The Balaban J connectivity index is 3.41. The van der Waals surface area contributed by atoms with Gasteiger partial charge in [-0.1, -0.05) is 66.2 Å². The Hall–Kier alpha value is -8.57. The molecule has 0 aliphatic carbocycles. The summed E-state index contributed by atoms with van der Waals surface area (Å²) in [4.78, 5) is 197. The normalized spacial score (nSPS) is 14.7. The van der Waals surface area contributed by atoms with Crippen LogP contribution in [0, 0.1) is 27.9 Å². The van der Waals surface area contributed by atoms with Crippen molar-refractivity contribution >= 4 is 101 Å². The predicted octanol–water partition coefficient (Wildman–Crippen LogP) is -4.03. The summed E-state index contributed by atoms with van der Waals surface area (Å²) in [6.07, 6.45) is -2.09. The Kier molecular flexibility index (Phi) is 37.6. The Bertz CT molecular complexity index is 2720. The molecule has 516 valence electrons. The highest BCUT2D eigenvalue weighted by Crippen LogP contribution is 2.20. The zero-order chi connectivity index (χ0) is 69.9. The largest absolute Gasteiger partial charge is 0.481 e. The number of unbranched alkanes of at least 4 members (excludes halogenated alkanes) is 2. The molecule has 35 heteroatoms. The average molecular weight is 1320 g/mol. The second kappa shape index (κ2) is 42.5. The third-order valence-corrected chi connectivity index (χ3v) is 14.6. The van der Waals surface area contributed by atoms with Gasteiger partial charge in [0.05, 0.1) is 30.4 Å². The summed E-state index contributed by atoms with van der Waals surface area (Å²) in [5, 5.41) is 54.9. The number of nitro groups is 1. The van der Waals surface area contributed by atoms with Crippen LogP contribution in [0.15, 0.2) is 24.3 Å². The number of para-hydroxylation sites is 1. The number of hydrogen-bond donors (Lipinski definition) is 18. The third kappa shape index (κ3) is 31.0. The van der Waals surface area contributed by atoms with Crippen LogP contribution in [0.25, 0.3) is 0 Å². The van der Waals surface area contributed by atoms with Gasteiger partial charge in [-0.25, -0.2) is 0 Å². The Morgan fingerprint density at radius 3 is 1.38 bits per heavy atom. The molecule has 1 aromatic rings. The van der Waals surface area contributed by atoms with E-state index in [0.29, 0.717) is 25.7 Å². The number of nitrogens with one attached hydrogen (secondary N) is 10. The molecule has 11 atom stereocenters. The summed E-state index contributed by atoms with van der Waals surface area (Å²) in [5.74, 6) is -16.7. The van der Waals surface area contributed by atoms with Crippen LogP contribution in [0.2, 0.25) is 0 Å². The van der Waals surface area contributed by atoms with Crippen LogP contribution in [0.3, 0.4) is 0 Å². The highest BCUT2D eigenvalue weighted by atomic mass is 32.1. The maximum atomic E-state index is 14.2. The zero-order valence-electron chi connectivity index (χ0n) is 52.8. The number of carboxylic acid groups (broad SMARTS) is 2. The van der Waals surface area contributed by atoms with E-state index in [0.717, 1.165) is 0 Å². The molecule has 0 bridgehead atoms. The van der Waals surface area contributed by atoms with Gasteiger partial charge < -0.3 is 92.0 Å². The Labute approximate surface area is 538 Å². The van der Waals surface area contributed by atoms with Crippen LogP contribution in [-0.4, -0.2) is 184 Å². The molecule has 1 rings (SSSR count). The van der Waals surface area contributed by atoms with Gasteiger partial charge >= 0.3 is 11.9 Å². The van der Waals surface area contributed by atoms with Gasteiger partial charge in [-0.2, -0.15) is 12.6 Å². The highest BCUT2D eigenvalue weighted by Gasteiger charge is 2.37. The predicted molar refractivity (Wildman–Crippen MR) is 335 cm³/mol. The van der Waals surface area contributed by atoms with E-state index in [1.54, 1.807) is 34.6 Å². The molecule has 0 saturated carbocycles. The smallest absolute Gasteiger partial charge is 0.305 e. The first-order valence-electron chi connectivity index (χ1n) is 30.2. The number of thiol groups is 1. The molecule has 34 nitrogen and oxygen atoms in total. The minimum absolute atomic E-state index is 0.00485. The quantitative estimate of drug-likeness (QED) is 0.0128. The van der Waals surface area contributed by atoms with Crippen LogP contribution >= 0.6 is 12.6 Å². The number of primary amides is 2. The van der Waals surface area contributed by atoms with Crippen LogP contribution in [0.1, 0.15) is 131 Å². The average Bonchev–Trinajstić information content (AvgIpc) is 1.27. The van der Waals surface area contributed by atoms with Crippen LogP contribution in [0.4, 0.5) is 5.69 Å². The van der Waals surface area contributed by atoms with E-state index in [1.807, 2.05) is 6.92 Å². The number of carboxylic acids is 2. The van der Waals surface area contributed by atoms with Gasteiger partial charge in [0.2, 0.25) is 70.9 Å². The Morgan fingerprint density at radius 1 is 0.533 bits per heavy atom. The molecule has 0 saturated heterocycles. The molecule has 22 N–H and O–H groups in total. The number of hydrogen-bond acceptors (Lipinski definition) is 20. The summed E-state index contributed by atoms with van der Waals surface area (Å²) in [6, 6.07) is -9.80. The van der Waals surface area contributed by atoms with Crippen LogP contribution in [-0.2, 0) is 73.5 Å². The van der Waals surface area contributed by atoms with Gasteiger partial charge in [0, 0.05) is 30.2 Å². The van der Waals surface area contributed by atoms with Crippen molar-refractivity contribution in [2.45, 2.75) is 192 Å². The van der Waals surface area contributed by atoms with Gasteiger partial charge in [0.15, 0.2) is 0 Å². The number of nitrogens with two attached hydrogens (primary N) is 5. The van der Waals surface area contributed by atoms with Crippen molar-refractivity contribution in [3.05, 3.63) is 39.9 Å².